The van der Waals surface area contributed by atoms with Crippen LogP contribution in [0.3, 0.4) is 0 Å². The van der Waals surface area contributed by atoms with Crippen molar-refractivity contribution >= 4 is 28.9 Å². The first-order valence-corrected chi connectivity index (χ1v) is 8.79. The van der Waals surface area contributed by atoms with E-state index in [0.29, 0.717) is 17.1 Å². The van der Waals surface area contributed by atoms with Gasteiger partial charge in [-0.15, -0.1) is 0 Å². The quantitative estimate of drug-likeness (QED) is 0.867. The van der Waals surface area contributed by atoms with Crippen molar-refractivity contribution in [2.24, 2.45) is 0 Å². The van der Waals surface area contributed by atoms with E-state index >= 15 is 0 Å². The van der Waals surface area contributed by atoms with Crippen LogP contribution in [-0.2, 0) is 9.59 Å². The predicted octanol–water partition coefficient (Wildman–Crippen LogP) is 2.90. The zero-order valence-electron chi connectivity index (χ0n) is 15.1. The summed E-state index contributed by atoms with van der Waals surface area (Å²) in [7, 11) is 0. The summed E-state index contributed by atoms with van der Waals surface area (Å²) in [5.74, 6) is 0.143. The Morgan fingerprint density at radius 2 is 1.81 bits per heavy atom. The molecule has 0 unspecified atom stereocenters. The number of rotatable bonds is 6. The first-order valence-electron chi connectivity index (χ1n) is 8.79. The number of benzene rings is 2. The third-order valence-electron chi connectivity index (χ3n) is 4.39. The Bertz CT molecular complexity index is 785. The van der Waals surface area contributed by atoms with Crippen LogP contribution in [0.15, 0.2) is 48.5 Å². The van der Waals surface area contributed by atoms with Gasteiger partial charge in [0.2, 0.25) is 5.91 Å². The van der Waals surface area contributed by atoms with Gasteiger partial charge in [-0.1, -0.05) is 12.1 Å². The lowest BCUT2D eigenvalue weighted by atomic mass is 10.2. The summed E-state index contributed by atoms with van der Waals surface area (Å²) in [6.45, 7) is 5.98. The largest absolute Gasteiger partial charge is 0.482 e. The average Bonchev–Trinajstić information content (AvgIpc) is 2.66. The van der Waals surface area contributed by atoms with E-state index in [1.807, 2.05) is 36.4 Å². The van der Waals surface area contributed by atoms with E-state index in [4.69, 9.17) is 4.74 Å². The molecular formula is C20H23N3O3. The Labute approximate surface area is 153 Å². The SMILES string of the molecule is CCN(CC)c1ccc(NC(=O)CN2C(=O)COc3ccccc32)cc1. The minimum absolute atomic E-state index is 0.0446. The van der Waals surface area contributed by atoms with Crippen molar-refractivity contribution in [2.45, 2.75) is 13.8 Å². The minimum atomic E-state index is -0.245. The Morgan fingerprint density at radius 3 is 2.50 bits per heavy atom. The van der Waals surface area contributed by atoms with Crippen LogP contribution in [0.4, 0.5) is 17.1 Å². The molecule has 0 saturated heterocycles. The molecule has 1 aliphatic rings. The number of ether oxygens (including phenoxy) is 1. The number of fused-ring (bicyclic) bond motifs is 1. The summed E-state index contributed by atoms with van der Waals surface area (Å²) < 4.78 is 5.40. The van der Waals surface area contributed by atoms with Crippen molar-refractivity contribution in [2.75, 3.05) is 41.4 Å². The summed E-state index contributed by atoms with van der Waals surface area (Å²) >= 11 is 0. The molecule has 2 aromatic rings. The van der Waals surface area contributed by atoms with Gasteiger partial charge in [0.05, 0.1) is 5.69 Å². The van der Waals surface area contributed by atoms with E-state index < -0.39 is 0 Å². The second-order valence-electron chi connectivity index (χ2n) is 6.00. The zero-order chi connectivity index (χ0) is 18.5. The van der Waals surface area contributed by atoms with E-state index in [9.17, 15) is 9.59 Å². The molecule has 26 heavy (non-hydrogen) atoms. The highest BCUT2D eigenvalue weighted by Crippen LogP contribution is 2.31. The van der Waals surface area contributed by atoms with Gasteiger partial charge in [-0.25, -0.2) is 0 Å². The molecule has 0 saturated carbocycles. The molecule has 3 rings (SSSR count). The van der Waals surface area contributed by atoms with E-state index in [1.165, 1.54) is 4.90 Å². The topological polar surface area (TPSA) is 61.9 Å². The Balaban J connectivity index is 1.67. The summed E-state index contributed by atoms with van der Waals surface area (Å²) in [5, 5.41) is 2.85. The van der Waals surface area contributed by atoms with Crippen LogP contribution in [0.2, 0.25) is 0 Å². The molecule has 0 spiro atoms. The number of hydrogen-bond acceptors (Lipinski definition) is 4. The molecular weight excluding hydrogens is 330 g/mol. The van der Waals surface area contributed by atoms with Crippen molar-refractivity contribution < 1.29 is 14.3 Å². The Morgan fingerprint density at radius 1 is 1.12 bits per heavy atom. The molecule has 136 valence electrons. The van der Waals surface area contributed by atoms with Crippen molar-refractivity contribution in [3.8, 4) is 5.75 Å². The number of amides is 2. The third kappa shape index (κ3) is 3.79. The molecule has 0 bridgehead atoms. The normalized spacial score (nSPS) is 13.0. The fourth-order valence-corrected chi connectivity index (χ4v) is 3.02. The zero-order valence-corrected chi connectivity index (χ0v) is 15.1. The van der Waals surface area contributed by atoms with Crippen LogP contribution in [0, 0.1) is 0 Å². The van der Waals surface area contributed by atoms with Crippen LogP contribution < -0.4 is 19.9 Å². The third-order valence-corrected chi connectivity index (χ3v) is 4.39. The molecule has 6 nitrogen and oxygen atoms in total. The highest BCUT2D eigenvalue weighted by Gasteiger charge is 2.26. The second-order valence-corrected chi connectivity index (χ2v) is 6.00. The van der Waals surface area contributed by atoms with E-state index in [1.54, 1.807) is 12.1 Å². The van der Waals surface area contributed by atoms with Gasteiger partial charge in [0, 0.05) is 24.5 Å². The molecule has 1 aliphatic heterocycles. The lowest BCUT2D eigenvalue weighted by molar-refractivity contribution is -0.123. The van der Waals surface area contributed by atoms with Crippen LogP contribution in [0.1, 0.15) is 13.8 Å². The number of para-hydroxylation sites is 2. The van der Waals surface area contributed by atoms with Crippen molar-refractivity contribution in [3.05, 3.63) is 48.5 Å². The Hall–Kier alpha value is -3.02. The van der Waals surface area contributed by atoms with Crippen LogP contribution in [0.25, 0.3) is 0 Å². The van der Waals surface area contributed by atoms with Gasteiger partial charge in [0.25, 0.3) is 5.91 Å². The van der Waals surface area contributed by atoms with Crippen LogP contribution in [-0.4, -0.2) is 38.1 Å². The van der Waals surface area contributed by atoms with Crippen molar-refractivity contribution in [3.63, 3.8) is 0 Å². The maximum atomic E-state index is 12.4. The van der Waals surface area contributed by atoms with Crippen LogP contribution in [0.5, 0.6) is 5.75 Å². The first-order chi connectivity index (χ1) is 12.6. The molecule has 0 fully saturated rings. The highest BCUT2D eigenvalue weighted by molar-refractivity contribution is 6.04. The predicted molar refractivity (Wildman–Crippen MR) is 103 cm³/mol. The summed E-state index contributed by atoms with van der Waals surface area (Å²) in [4.78, 5) is 28.2. The number of hydrogen-bond donors (Lipinski definition) is 1. The molecule has 6 heteroatoms. The maximum absolute atomic E-state index is 12.4. The van der Waals surface area contributed by atoms with Gasteiger partial charge in [0.1, 0.15) is 12.3 Å². The van der Waals surface area contributed by atoms with Gasteiger partial charge in [-0.2, -0.15) is 0 Å². The van der Waals surface area contributed by atoms with Crippen molar-refractivity contribution in [1.82, 2.24) is 0 Å². The summed E-state index contributed by atoms with van der Waals surface area (Å²) in [6.07, 6.45) is 0. The number of nitrogens with one attached hydrogen (secondary N) is 1. The molecule has 0 aromatic heterocycles. The first kappa shape index (κ1) is 17.8. The molecule has 0 aliphatic carbocycles. The smallest absolute Gasteiger partial charge is 0.265 e. The van der Waals surface area contributed by atoms with Gasteiger partial charge in [0.15, 0.2) is 6.61 Å². The number of anilines is 3. The van der Waals surface area contributed by atoms with Gasteiger partial charge in [-0.3, -0.25) is 14.5 Å². The van der Waals surface area contributed by atoms with Gasteiger partial charge < -0.3 is 15.0 Å². The summed E-state index contributed by atoms with van der Waals surface area (Å²) in [6, 6.07) is 14.9. The number of carbonyl (C=O) groups is 2. The van der Waals surface area contributed by atoms with Gasteiger partial charge >= 0.3 is 0 Å². The highest BCUT2D eigenvalue weighted by atomic mass is 16.5. The standard InChI is InChI=1S/C20H23N3O3/c1-3-22(4-2)16-11-9-15(10-12-16)21-19(24)13-23-17-7-5-6-8-18(17)26-14-20(23)25/h5-12H,3-4,13-14H2,1-2H3,(H,21,24). The molecule has 0 atom stereocenters. The molecule has 1 N–H and O–H groups in total. The van der Waals surface area contributed by atoms with Gasteiger partial charge in [-0.05, 0) is 50.2 Å². The minimum Gasteiger partial charge on any atom is -0.482 e. The fourth-order valence-electron chi connectivity index (χ4n) is 3.02. The maximum Gasteiger partial charge on any atom is 0.265 e. The van der Waals surface area contributed by atoms with Crippen LogP contribution >= 0.6 is 0 Å². The molecule has 0 radical (unpaired) electrons. The number of carbonyl (C=O) groups excluding carboxylic acids is 2. The molecule has 2 aromatic carbocycles. The van der Waals surface area contributed by atoms with E-state index in [0.717, 1.165) is 18.8 Å². The lowest BCUT2D eigenvalue weighted by Gasteiger charge is -2.28. The summed E-state index contributed by atoms with van der Waals surface area (Å²) in [5.41, 5.74) is 2.45. The fraction of sp³-hybridized carbons (Fsp3) is 0.300. The molecule has 1 heterocycles. The molecule has 2 amide bonds. The second kappa shape index (κ2) is 7.91. The number of nitrogens with zero attached hydrogens (tertiary/aromatic N) is 2. The van der Waals surface area contributed by atoms with E-state index in [-0.39, 0.29) is 25.0 Å². The van der Waals surface area contributed by atoms with E-state index in [2.05, 4.69) is 24.1 Å². The monoisotopic (exact) mass is 353 g/mol. The Kier molecular flexibility index (Phi) is 5.41. The average molecular weight is 353 g/mol. The lowest BCUT2D eigenvalue weighted by Crippen LogP contribution is -2.43. The van der Waals surface area contributed by atoms with Crippen molar-refractivity contribution in [1.29, 1.82) is 0 Å².